The summed E-state index contributed by atoms with van der Waals surface area (Å²) in [5, 5.41) is 3.58. The summed E-state index contributed by atoms with van der Waals surface area (Å²) in [6.07, 6.45) is 1.76. The van der Waals surface area contributed by atoms with Crippen molar-refractivity contribution in [1.82, 2.24) is 5.32 Å². The van der Waals surface area contributed by atoms with Crippen LogP contribution in [0.15, 0.2) is 18.2 Å². The molecule has 1 aromatic carbocycles. The van der Waals surface area contributed by atoms with Crippen LogP contribution in [0.25, 0.3) is 0 Å². The van der Waals surface area contributed by atoms with E-state index in [1.165, 1.54) is 7.11 Å². The van der Waals surface area contributed by atoms with Crippen molar-refractivity contribution in [1.29, 1.82) is 0 Å². The first-order valence-corrected chi connectivity index (χ1v) is 8.58. The Balaban J connectivity index is 2.07. The number of rotatable bonds is 5. The Morgan fingerprint density at radius 2 is 2.10 bits per heavy atom. The SMILES string of the molecule is COc1ccc(Cl)c(NS(=O)(=O)CC2CCNCC2)c1. The first kappa shape index (κ1) is 15.4. The van der Waals surface area contributed by atoms with Crippen molar-refractivity contribution in [3.63, 3.8) is 0 Å². The van der Waals surface area contributed by atoms with Crippen molar-refractivity contribution in [2.75, 3.05) is 30.7 Å². The molecule has 2 rings (SSSR count). The third kappa shape index (κ3) is 4.26. The fourth-order valence-corrected chi connectivity index (χ4v) is 4.04. The predicted molar refractivity (Wildman–Crippen MR) is 81.0 cm³/mol. The number of hydrogen-bond donors (Lipinski definition) is 2. The lowest BCUT2D eigenvalue weighted by atomic mass is 10.0. The highest BCUT2D eigenvalue weighted by Crippen LogP contribution is 2.28. The molecule has 0 bridgehead atoms. The van der Waals surface area contributed by atoms with Gasteiger partial charge in [0.2, 0.25) is 10.0 Å². The molecule has 2 N–H and O–H groups in total. The lowest BCUT2D eigenvalue weighted by molar-refractivity contribution is 0.402. The standard InChI is InChI=1S/C13H19ClN2O3S/c1-19-11-2-3-12(14)13(8-11)16-20(17,18)9-10-4-6-15-7-5-10/h2-3,8,10,15-16H,4-7,9H2,1H3. The van der Waals surface area contributed by atoms with Gasteiger partial charge in [-0.3, -0.25) is 4.72 Å². The zero-order valence-corrected chi connectivity index (χ0v) is 12.9. The van der Waals surface area contributed by atoms with Crippen molar-refractivity contribution in [3.05, 3.63) is 23.2 Å². The molecule has 0 radical (unpaired) electrons. The third-order valence-electron chi connectivity index (χ3n) is 3.35. The number of ether oxygens (including phenoxy) is 1. The van der Waals surface area contributed by atoms with Gasteiger partial charge in [0.05, 0.1) is 23.6 Å². The minimum Gasteiger partial charge on any atom is -0.497 e. The van der Waals surface area contributed by atoms with Gasteiger partial charge in [-0.25, -0.2) is 8.42 Å². The van der Waals surface area contributed by atoms with E-state index in [1.807, 2.05) is 0 Å². The highest BCUT2D eigenvalue weighted by molar-refractivity contribution is 7.92. The molecule has 112 valence electrons. The summed E-state index contributed by atoms with van der Waals surface area (Å²) >= 11 is 6.01. The van der Waals surface area contributed by atoms with Crippen LogP contribution in [0.5, 0.6) is 5.75 Å². The van der Waals surface area contributed by atoms with Crippen molar-refractivity contribution >= 4 is 27.3 Å². The highest BCUT2D eigenvalue weighted by Gasteiger charge is 2.22. The van der Waals surface area contributed by atoms with Gasteiger partial charge >= 0.3 is 0 Å². The minimum absolute atomic E-state index is 0.127. The van der Waals surface area contributed by atoms with Crippen LogP contribution >= 0.6 is 11.6 Å². The van der Waals surface area contributed by atoms with Crippen LogP contribution in [0, 0.1) is 5.92 Å². The van der Waals surface area contributed by atoms with Gasteiger partial charge in [0.25, 0.3) is 0 Å². The Hall–Kier alpha value is -0.980. The molecule has 1 heterocycles. The maximum Gasteiger partial charge on any atom is 0.233 e. The van der Waals surface area contributed by atoms with Crippen LogP contribution in [-0.2, 0) is 10.0 Å². The van der Waals surface area contributed by atoms with Crippen LogP contribution in [-0.4, -0.2) is 34.4 Å². The van der Waals surface area contributed by atoms with Crippen LogP contribution in [0.1, 0.15) is 12.8 Å². The number of benzene rings is 1. The van der Waals surface area contributed by atoms with Gasteiger partial charge < -0.3 is 10.1 Å². The number of halogens is 1. The van der Waals surface area contributed by atoms with Gasteiger partial charge in [-0.1, -0.05) is 11.6 Å². The van der Waals surface area contributed by atoms with Crippen LogP contribution in [0.3, 0.4) is 0 Å². The second kappa shape index (κ2) is 6.65. The zero-order valence-electron chi connectivity index (χ0n) is 11.4. The largest absolute Gasteiger partial charge is 0.497 e. The quantitative estimate of drug-likeness (QED) is 0.872. The topological polar surface area (TPSA) is 67.4 Å². The molecule has 0 saturated carbocycles. The summed E-state index contributed by atoms with van der Waals surface area (Å²) in [7, 11) is -1.88. The molecule has 0 atom stereocenters. The predicted octanol–water partition coefficient (Wildman–Crippen LogP) is 2.09. The summed E-state index contributed by atoms with van der Waals surface area (Å²) < 4.78 is 32.0. The molecule has 0 amide bonds. The second-order valence-corrected chi connectivity index (χ2v) is 7.10. The number of piperidine rings is 1. The number of anilines is 1. The summed E-state index contributed by atoms with van der Waals surface area (Å²) in [6.45, 7) is 1.75. The van der Waals surface area contributed by atoms with E-state index in [0.29, 0.717) is 16.5 Å². The van der Waals surface area contributed by atoms with Crippen LogP contribution in [0.2, 0.25) is 5.02 Å². The fraction of sp³-hybridized carbons (Fsp3) is 0.538. The lowest BCUT2D eigenvalue weighted by Crippen LogP contribution is -2.33. The Kier molecular flexibility index (Phi) is 5.12. The first-order valence-electron chi connectivity index (χ1n) is 6.55. The third-order valence-corrected chi connectivity index (χ3v) is 5.12. The summed E-state index contributed by atoms with van der Waals surface area (Å²) in [4.78, 5) is 0. The highest BCUT2D eigenvalue weighted by atomic mass is 35.5. The molecule has 0 spiro atoms. The van der Waals surface area contributed by atoms with E-state index in [-0.39, 0.29) is 11.7 Å². The number of nitrogens with one attached hydrogen (secondary N) is 2. The zero-order chi connectivity index (χ0) is 14.6. The van der Waals surface area contributed by atoms with E-state index in [4.69, 9.17) is 16.3 Å². The molecule has 0 unspecified atom stereocenters. The van der Waals surface area contributed by atoms with Crippen molar-refractivity contribution in [2.24, 2.45) is 5.92 Å². The number of methoxy groups -OCH3 is 1. The molecule has 1 saturated heterocycles. The smallest absolute Gasteiger partial charge is 0.233 e. The molecule has 0 aliphatic carbocycles. The van der Waals surface area contributed by atoms with Gasteiger partial charge in [-0.2, -0.15) is 0 Å². The molecular weight excluding hydrogens is 300 g/mol. The monoisotopic (exact) mass is 318 g/mol. The molecule has 5 nitrogen and oxygen atoms in total. The van der Waals surface area contributed by atoms with Crippen LogP contribution in [0.4, 0.5) is 5.69 Å². The summed E-state index contributed by atoms with van der Waals surface area (Å²) in [5.74, 6) is 0.884. The molecule has 1 aliphatic heterocycles. The summed E-state index contributed by atoms with van der Waals surface area (Å²) in [6, 6.07) is 4.89. The molecule has 1 aromatic rings. The van der Waals surface area contributed by atoms with Gasteiger partial charge in [-0.15, -0.1) is 0 Å². The maximum absolute atomic E-state index is 12.2. The molecule has 7 heteroatoms. The molecule has 1 fully saturated rings. The average molecular weight is 319 g/mol. The molecule has 20 heavy (non-hydrogen) atoms. The lowest BCUT2D eigenvalue weighted by Gasteiger charge is -2.22. The van der Waals surface area contributed by atoms with Crippen LogP contribution < -0.4 is 14.8 Å². The Morgan fingerprint density at radius 3 is 2.75 bits per heavy atom. The Labute approximate surface area is 124 Å². The number of sulfonamides is 1. The summed E-state index contributed by atoms with van der Waals surface area (Å²) in [5.41, 5.74) is 0.361. The van der Waals surface area contributed by atoms with E-state index in [9.17, 15) is 8.42 Å². The molecule has 0 aromatic heterocycles. The molecular formula is C13H19ClN2O3S. The molecule has 1 aliphatic rings. The van der Waals surface area contributed by atoms with Gasteiger partial charge in [-0.05, 0) is 44.0 Å². The van der Waals surface area contributed by atoms with E-state index in [2.05, 4.69) is 10.0 Å². The van der Waals surface area contributed by atoms with Gasteiger partial charge in [0.1, 0.15) is 5.75 Å². The maximum atomic E-state index is 12.2. The average Bonchev–Trinajstić information content (AvgIpc) is 2.41. The first-order chi connectivity index (χ1) is 9.50. The second-order valence-electron chi connectivity index (χ2n) is 4.92. The van der Waals surface area contributed by atoms with E-state index in [1.54, 1.807) is 18.2 Å². The fourth-order valence-electron chi connectivity index (χ4n) is 2.28. The van der Waals surface area contributed by atoms with Crippen molar-refractivity contribution < 1.29 is 13.2 Å². The number of hydrogen-bond acceptors (Lipinski definition) is 4. The van der Waals surface area contributed by atoms with E-state index >= 15 is 0 Å². The normalized spacial score (nSPS) is 16.9. The van der Waals surface area contributed by atoms with E-state index in [0.717, 1.165) is 25.9 Å². The minimum atomic E-state index is -3.40. The Bertz CT molecular complexity index is 557. The van der Waals surface area contributed by atoms with Crippen molar-refractivity contribution in [3.8, 4) is 5.75 Å². The Morgan fingerprint density at radius 1 is 1.40 bits per heavy atom. The van der Waals surface area contributed by atoms with Crippen molar-refractivity contribution in [2.45, 2.75) is 12.8 Å². The van der Waals surface area contributed by atoms with Gasteiger partial charge in [0, 0.05) is 6.07 Å². The van der Waals surface area contributed by atoms with Gasteiger partial charge in [0.15, 0.2) is 0 Å². The van der Waals surface area contributed by atoms with E-state index < -0.39 is 10.0 Å².